The predicted octanol–water partition coefficient (Wildman–Crippen LogP) is 3.00. The summed E-state index contributed by atoms with van der Waals surface area (Å²) in [6.07, 6.45) is 0. The third-order valence-corrected chi connectivity index (χ3v) is 2.17. The lowest BCUT2D eigenvalue weighted by Crippen LogP contribution is -2.08. The van der Waals surface area contributed by atoms with E-state index in [2.05, 4.69) is 0 Å². The van der Waals surface area contributed by atoms with Crippen molar-refractivity contribution in [2.75, 3.05) is 5.23 Å². The van der Waals surface area contributed by atoms with Crippen molar-refractivity contribution in [3.63, 3.8) is 0 Å². The molecule has 0 unspecified atom stereocenters. The number of rotatable bonds is 1. The molecule has 0 saturated carbocycles. The standard InChI is InChI=1S/C7H6Cl2NO2/c1-4-2-5(8)6(9)3-7(4)10(11)12/h2-3,11H,1H3/q-1. The first-order valence-electron chi connectivity index (χ1n) is 3.14. The molecule has 1 aromatic rings. The summed E-state index contributed by atoms with van der Waals surface area (Å²) in [5.41, 5.74) is 0.673. The highest BCUT2D eigenvalue weighted by Gasteiger charge is 2.03. The highest BCUT2D eigenvalue weighted by Crippen LogP contribution is 2.29. The quantitative estimate of drug-likeness (QED) is 0.720. The molecule has 0 spiro atoms. The van der Waals surface area contributed by atoms with Gasteiger partial charge in [0.15, 0.2) is 0 Å². The van der Waals surface area contributed by atoms with Crippen LogP contribution in [0.25, 0.3) is 0 Å². The van der Waals surface area contributed by atoms with Gasteiger partial charge in [0.2, 0.25) is 0 Å². The number of halogens is 2. The predicted molar refractivity (Wildman–Crippen MR) is 48.8 cm³/mol. The summed E-state index contributed by atoms with van der Waals surface area (Å²) in [5, 5.41) is 19.5. The molecule has 0 atom stereocenters. The summed E-state index contributed by atoms with van der Waals surface area (Å²) in [5.74, 6) is 0. The van der Waals surface area contributed by atoms with Crippen molar-refractivity contribution in [2.45, 2.75) is 6.92 Å². The van der Waals surface area contributed by atoms with Crippen LogP contribution in [-0.4, -0.2) is 5.21 Å². The molecule has 0 amide bonds. The first-order chi connectivity index (χ1) is 5.52. The highest BCUT2D eigenvalue weighted by molar-refractivity contribution is 6.42. The maximum absolute atomic E-state index is 10.5. The number of hydrogen-bond acceptors (Lipinski definition) is 3. The van der Waals surface area contributed by atoms with E-state index in [1.165, 1.54) is 12.1 Å². The zero-order chi connectivity index (χ0) is 9.30. The number of benzene rings is 1. The number of hydrogen-bond donors (Lipinski definition) is 1. The Labute approximate surface area is 79.7 Å². The van der Waals surface area contributed by atoms with Gasteiger partial charge in [0, 0.05) is 0 Å². The summed E-state index contributed by atoms with van der Waals surface area (Å²) in [6.45, 7) is 1.65. The molecule has 5 heteroatoms. The van der Waals surface area contributed by atoms with Crippen LogP contribution in [0.5, 0.6) is 0 Å². The van der Waals surface area contributed by atoms with Crippen molar-refractivity contribution in [3.8, 4) is 0 Å². The normalized spacial score (nSPS) is 10.1. The molecule has 0 aliphatic heterocycles. The summed E-state index contributed by atoms with van der Waals surface area (Å²) in [7, 11) is 0. The summed E-state index contributed by atoms with van der Waals surface area (Å²) < 4.78 is 0. The van der Waals surface area contributed by atoms with Gasteiger partial charge in [0.25, 0.3) is 0 Å². The molecule has 1 aromatic carbocycles. The van der Waals surface area contributed by atoms with Crippen LogP contribution in [0.3, 0.4) is 0 Å². The Morgan fingerprint density at radius 2 is 1.83 bits per heavy atom. The Hall–Kier alpha value is -0.480. The second-order valence-corrected chi connectivity index (χ2v) is 3.14. The van der Waals surface area contributed by atoms with Crippen LogP contribution in [0, 0.1) is 12.1 Å². The third kappa shape index (κ3) is 1.81. The average molecular weight is 207 g/mol. The van der Waals surface area contributed by atoms with Crippen LogP contribution < -0.4 is 5.23 Å². The molecule has 1 N–H and O–H groups in total. The van der Waals surface area contributed by atoms with Gasteiger partial charge < -0.3 is 10.4 Å². The van der Waals surface area contributed by atoms with Crippen LogP contribution in [0.2, 0.25) is 10.0 Å². The molecule has 0 fully saturated rings. The third-order valence-electron chi connectivity index (χ3n) is 1.44. The van der Waals surface area contributed by atoms with Crippen molar-refractivity contribution in [2.24, 2.45) is 0 Å². The minimum absolute atomic E-state index is 0.101. The topological polar surface area (TPSA) is 46.5 Å². The van der Waals surface area contributed by atoms with Gasteiger partial charge in [-0.2, -0.15) is 0 Å². The first kappa shape index (κ1) is 9.61. The van der Waals surface area contributed by atoms with Gasteiger partial charge in [-0.1, -0.05) is 23.2 Å². The molecule has 0 bridgehead atoms. The molecule has 0 aromatic heterocycles. The van der Waals surface area contributed by atoms with Gasteiger partial charge in [-0.05, 0) is 24.6 Å². The zero-order valence-electron chi connectivity index (χ0n) is 6.21. The molecular weight excluding hydrogens is 201 g/mol. The van der Waals surface area contributed by atoms with Gasteiger partial charge in [-0.3, -0.25) is 5.21 Å². The van der Waals surface area contributed by atoms with Crippen molar-refractivity contribution >= 4 is 28.9 Å². The van der Waals surface area contributed by atoms with Crippen LogP contribution in [0.15, 0.2) is 12.1 Å². The number of anilines is 1. The van der Waals surface area contributed by atoms with E-state index in [-0.39, 0.29) is 15.9 Å². The summed E-state index contributed by atoms with van der Waals surface area (Å²) in [6, 6.07) is 2.83. The van der Waals surface area contributed by atoms with Gasteiger partial charge >= 0.3 is 0 Å². The molecule has 66 valence electrons. The second-order valence-electron chi connectivity index (χ2n) is 2.33. The van der Waals surface area contributed by atoms with E-state index in [1.807, 2.05) is 0 Å². The van der Waals surface area contributed by atoms with Gasteiger partial charge in [-0.15, -0.1) is 0 Å². The SMILES string of the molecule is Cc1cc(Cl)c(Cl)cc1N([O-])O. The van der Waals surface area contributed by atoms with Gasteiger partial charge in [-0.25, -0.2) is 0 Å². The van der Waals surface area contributed by atoms with E-state index < -0.39 is 0 Å². The Bertz CT molecular complexity index is 302. The Morgan fingerprint density at radius 1 is 1.33 bits per heavy atom. The molecule has 1 rings (SSSR count). The monoisotopic (exact) mass is 206 g/mol. The maximum atomic E-state index is 10.5. The summed E-state index contributed by atoms with van der Waals surface area (Å²) in [4.78, 5) is 0. The minimum Gasteiger partial charge on any atom is -0.733 e. The Morgan fingerprint density at radius 3 is 2.33 bits per heavy atom. The first-order valence-corrected chi connectivity index (χ1v) is 3.89. The van der Waals surface area contributed by atoms with E-state index >= 15 is 0 Å². The fraction of sp³-hybridized carbons (Fsp3) is 0.143. The number of aryl methyl sites for hydroxylation is 1. The molecule has 12 heavy (non-hydrogen) atoms. The van der Waals surface area contributed by atoms with Crippen molar-refractivity contribution in [3.05, 3.63) is 32.9 Å². The molecular formula is C7H6Cl2NO2-. The molecule has 3 nitrogen and oxygen atoms in total. The zero-order valence-corrected chi connectivity index (χ0v) is 7.73. The van der Waals surface area contributed by atoms with E-state index in [4.69, 9.17) is 28.4 Å². The average Bonchev–Trinajstić information content (AvgIpc) is 1.96. The number of nitrogens with zero attached hydrogens (tertiary/aromatic N) is 1. The summed E-state index contributed by atoms with van der Waals surface area (Å²) >= 11 is 11.3. The van der Waals surface area contributed by atoms with Crippen molar-refractivity contribution in [1.29, 1.82) is 0 Å². The van der Waals surface area contributed by atoms with Crippen LogP contribution in [-0.2, 0) is 0 Å². The lowest BCUT2D eigenvalue weighted by Gasteiger charge is -2.23. The van der Waals surface area contributed by atoms with E-state index in [0.29, 0.717) is 10.6 Å². The molecule has 0 radical (unpaired) electrons. The van der Waals surface area contributed by atoms with Crippen LogP contribution >= 0.6 is 23.2 Å². The Kier molecular flexibility index (Phi) is 2.80. The van der Waals surface area contributed by atoms with E-state index in [0.717, 1.165) is 0 Å². The van der Waals surface area contributed by atoms with Gasteiger partial charge in [0.1, 0.15) is 0 Å². The van der Waals surface area contributed by atoms with Crippen molar-refractivity contribution < 1.29 is 5.21 Å². The molecule has 0 heterocycles. The van der Waals surface area contributed by atoms with Crippen LogP contribution in [0.4, 0.5) is 5.69 Å². The fourth-order valence-electron chi connectivity index (χ4n) is 0.842. The largest absolute Gasteiger partial charge is 0.733 e. The van der Waals surface area contributed by atoms with Crippen LogP contribution in [0.1, 0.15) is 5.56 Å². The smallest absolute Gasteiger partial charge is 0.0613 e. The van der Waals surface area contributed by atoms with Crippen molar-refractivity contribution in [1.82, 2.24) is 0 Å². The maximum Gasteiger partial charge on any atom is 0.0613 e. The molecule has 0 aliphatic carbocycles. The lowest BCUT2D eigenvalue weighted by atomic mass is 10.2. The Balaban J connectivity index is 3.23. The van der Waals surface area contributed by atoms with E-state index in [1.54, 1.807) is 6.92 Å². The lowest BCUT2D eigenvalue weighted by molar-refractivity contribution is 0.296. The second kappa shape index (κ2) is 3.49. The fourth-order valence-corrected chi connectivity index (χ4v) is 1.22. The van der Waals surface area contributed by atoms with Gasteiger partial charge in [0.05, 0.1) is 15.7 Å². The van der Waals surface area contributed by atoms with E-state index in [9.17, 15) is 5.21 Å². The minimum atomic E-state index is -0.239. The highest BCUT2D eigenvalue weighted by atomic mass is 35.5. The molecule has 0 aliphatic rings. The molecule has 0 saturated heterocycles.